The lowest BCUT2D eigenvalue weighted by atomic mass is 10.1. The molecule has 0 aliphatic rings. The molecule has 0 aliphatic heterocycles. The summed E-state index contributed by atoms with van der Waals surface area (Å²) in [5, 5.41) is 7.33. The topological polar surface area (TPSA) is 52.0 Å². The van der Waals surface area contributed by atoms with Crippen LogP contribution in [0.3, 0.4) is 0 Å². The molecule has 1 aromatic heterocycles. The first-order valence-electron chi connectivity index (χ1n) is 7.94. The molecule has 2 aromatic carbocycles. The van der Waals surface area contributed by atoms with Crippen molar-refractivity contribution in [3.8, 4) is 5.75 Å². The van der Waals surface area contributed by atoms with Crippen LogP contribution in [0.1, 0.15) is 16.7 Å². The standard InChI is InChI=1S/C18H17BrF2N4O/c19-16-5-6-17(26-18(20)21)15(7-16)9-22-8-13-1-3-14(4-2-13)10-25-12-23-11-24-25/h1-7,11-12,18,22H,8-10H2. The number of rotatable bonds is 8. The minimum atomic E-state index is -2.84. The average Bonchev–Trinajstić information content (AvgIpc) is 3.11. The average molecular weight is 423 g/mol. The van der Waals surface area contributed by atoms with Crippen LogP contribution in [0.2, 0.25) is 0 Å². The van der Waals surface area contributed by atoms with Crippen molar-refractivity contribution in [3.05, 3.63) is 76.3 Å². The van der Waals surface area contributed by atoms with Crippen LogP contribution < -0.4 is 10.1 Å². The third-order valence-corrected chi connectivity index (χ3v) is 4.21. The molecule has 0 saturated carbocycles. The van der Waals surface area contributed by atoms with Crippen molar-refractivity contribution in [1.29, 1.82) is 0 Å². The number of ether oxygens (including phenoxy) is 1. The fourth-order valence-corrected chi connectivity index (χ4v) is 2.91. The SMILES string of the molecule is FC(F)Oc1ccc(Br)cc1CNCc1ccc(Cn2cncn2)cc1. The van der Waals surface area contributed by atoms with E-state index in [9.17, 15) is 8.78 Å². The Balaban J connectivity index is 1.55. The minimum Gasteiger partial charge on any atom is -0.434 e. The highest BCUT2D eigenvalue weighted by molar-refractivity contribution is 9.10. The Morgan fingerprint density at radius 2 is 1.85 bits per heavy atom. The Kier molecular flexibility index (Phi) is 6.30. The summed E-state index contributed by atoms with van der Waals surface area (Å²) in [4.78, 5) is 3.92. The van der Waals surface area contributed by atoms with Gasteiger partial charge in [0.25, 0.3) is 0 Å². The van der Waals surface area contributed by atoms with E-state index in [4.69, 9.17) is 0 Å². The molecular weight excluding hydrogens is 406 g/mol. The first kappa shape index (κ1) is 18.5. The van der Waals surface area contributed by atoms with E-state index in [1.807, 2.05) is 24.3 Å². The van der Waals surface area contributed by atoms with Crippen LogP contribution in [0.15, 0.2) is 59.6 Å². The van der Waals surface area contributed by atoms with E-state index in [1.54, 1.807) is 23.1 Å². The van der Waals surface area contributed by atoms with Crippen molar-refractivity contribution in [2.45, 2.75) is 26.2 Å². The predicted octanol–water partition coefficient (Wildman–Crippen LogP) is 3.98. The quantitative estimate of drug-likeness (QED) is 0.596. The van der Waals surface area contributed by atoms with E-state index in [0.717, 1.165) is 15.6 Å². The summed E-state index contributed by atoms with van der Waals surface area (Å²) in [6, 6.07) is 13.1. The van der Waals surface area contributed by atoms with Crippen molar-refractivity contribution in [2.24, 2.45) is 0 Å². The van der Waals surface area contributed by atoms with Gasteiger partial charge in [0.05, 0.1) is 6.54 Å². The second-order valence-corrected chi connectivity index (χ2v) is 6.56. The Morgan fingerprint density at radius 3 is 2.54 bits per heavy atom. The Labute approximate surface area is 158 Å². The molecule has 0 radical (unpaired) electrons. The summed E-state index contributed by atoms with van der Waals surface area (Å²) in [5.74, 6) is 0.180. The fourth-order valence-electron chi connectivity index (χ4n) is 2.50. The maximum Gasteiger partial charge on any atom is 0.387 e. The zero-order valence-corrected chi connectivity index (χ0v) is 15.4. The van der Waals surface area contributed by atoms with E-state index >= 15 is 0 Å². The molecule has 26 heavy (non-hydrogen) atoms. The highest BCUT2D eigenvalue weighted by Gasteiger charge is 2.10. The van der Waals surface area contributed by atoms with Crippen molar-refractivity contribution in [2.75, 3.05) is 0 Å². The number of hydrogen-bond acceptors (Lipinski definition) is 4. The molecule has 0 unspecified atom stereocenters. The van der Waals surface area contributed by atoms with Gasteiger partial charge in [-0.25, -0.2) is 9.67 Å². The lowest BCUT2D eigenvalue weighted by Gasteiger charge is -2.12. The molecule has 0 bridgehead atoms. The van der Waals surface area contributed by atoms with Crippen LogP contribution in [0, 0.1) is 0 Å². The number of nitrogens with one attached hydrogen (secondary N) is 1. The number of hydrogen-bond donors (Lipinski definition) is 1. The minimum absolute atomic E-state index is 0.180. The van der Waals surface area contributed by atoms with E-state index in [2.05, 4.69) is 36.1 Å². The molecule has 1 heterocycles. The Morgan fingerprint density at radius 1 is 1.08 bits per heavy atom. The molecule has 8 heteroatoms. The van der Waals surface area contributed by atoms with Crippen molar-refractivity contribution < 1.29 is 13.5 Å². The largest absolute Gasteiger partial charge is 0.434 e. The molecule has 0 atom stereocenters. The number of nitrogens with zero attached hydrogens (tertiary/aromatic N) is 3. The van der Waals surface area contributed by atoms with Gasteiger partial charge in [-0.3, -0.25) is 0 Å². The maximum absolute atomic E-state index is 12.5. The van der Waals surface area contributed by atoms with Gasteiger partial charge in [-0.2, -0.15) is 13.9 Å². The first-order chi connectivity index (χ1) is 12.6. The fraction of sp³-hybridized carbons (Fsp3) is 0.222. The number of alkyl halides is 2. The number of aromatic nitrogens is 3. The van der Waals surface area contributed by atoms with Gasteiger partial charge >= 0.3 is 6.61 Å². The van der Waals surface area contributed by atoms with Gasteiger partial charge in [0.1, 0.15) is 18.4 Å². The summed E-state index contributed by atoms with van der Waals surface area (Å²) in [5.41, 5.74) is 2.89. The lowest BCUT2D eigenvalue weighted by molar-refractivity contribution is -0.0505. The second kappa shape index (κ2) is 8.86. The van der Waals surface area contributed by atoms with Crippen LogP contribution >= 0.6 is 15.9 Å². The maximum atomic E-state index is 12.5. The highest BCUT2D eigenvalue weighted by atomic mass is 79.9. The van der Waals surface area contributed by atoms with Gasteiger partial charge in [-0.1, -0.05) is 40.2 Å². The highest BCUT2D eigenvalue weighted by Crippen LogP contribution is 2.24. The lowest BCUT2D eigenvalue weighted by Crippen LogP contribution is -2.14. The molecule has 3 aromatic rings. The molecule has 136 valence electrons. The van der Waals surface area contributed by atoms with E-state index in [-0.39, 0.29) is 5.75 Å². The van der Waals surface area contributed by atoms with Gasteiger partial charge in [0, 0.05) is 23.1 Å². The molecular formula is C18H17BrF2N4O. The van der Waals surface area contributed by atoms with Crippen LogP contribution in [0.4, 0.5) is 8.78 Å². The molecule has 0 fully saturated rings. The summed E-state index contributed by atoms with van der Waals surface area (Å²) >= 11 is 3.35. The van der Waals surface area contributed by atoms with Gasteiger partial charge < -0.3 is 10.1 Å². The van der Waals surface area contributed by atoms with Crippen molar-refractivity contribution in [1.82, 2.24) is 20.1 Å². The normalized spacial score (nSPS) is 11.1. The summed E-state index contributed by atoms with van der Waals surface area (Å²) in [7, 11) is 0. The Bertz CT molecular complexity index is 826. The smallest absolute Gasteiger partial charge is 0.387 e. The van der Waals surface area contributed by atoms with Crippen LogP contribution in [-0.2, 0) is 19.6 Å². The molecule has 1 N–H and O–H groups in total. The van der Waals surface area contributed by atoms with Crippen LogP contribution in [-0.4, -0.2) is 21.4 Å². The molecule has 0 amide bonds. The molecule has 0 spiro atoms. The van der Waals surface area contributed by atoms with Crippen LogP contribution in [0.25, 0.3) is 0 Å². The second-order valence-electron chi connectivity index (χ2n) is 5.64. The summed E-state index contributed by atoms with van der Waals surface area (Å²) in [6.07, 6.45) is 3.18. The van der Waals surface area contributed by atoms with Crippen LogP contribution in [0.5, 0.6) is 5.75 Å². The zero-order valence-electron chi connectivity index (χ0n) is 13.8. The molecule has 0 aliphatic carbocycles. The van der Waals surface area contributed by atoms with Crippen molar-refractivity contribution >= 4 is 15.9 Å². The molecule has 5 nitrogen and oxygen atoms in total. The van der Waals surface area contributed by atoms with Crippen molar-refractivity contribution in [3.63, 3.8) is 0 Å². The predicted molar refractivity (Wildman–Crippen MR) is 96.9 cm³/mol. The van der Waals surface area contributed by atoms with E-state index in [0.29, 0.717) is 25.2 Å². The van der Waals surface area contributed by atoms with E-state index in [1.165, 1.54) is 12.4 Å². The summed E-state index contributed by atoms with van der Waals surface area (Å²) in [6.45, 7) is -1.14. The molecule has 3 rings (SSSR count). The third-order valence-electron chi connectivity index (χ3n) is 3.72. The monoisotopic (exact) mass is 422 g/mol. The zero-order chi connectivity index (χ0) is 18.4. The van der Waals surface area contributed by atoms with Gasteiger partial charge in [-0.05, 0) is 29.3 Å². The first-order valence-corrected chi connectivity index (χ1v) is 8.73. The Hall–Kier alpha value is -2.32. The number of halogens is 3. The molecule has 0 saturated heterocycles. The number of benzene rings is 2. The van der Waals surface area contributed by atoms with E-state index < -0.39 is 6.61 Å². The summed E-state index contributed by atoms with van der Waals surface area (Å²) < 4.78 is 32.1. The van der Waals surface area contributed by atoms with Gasteiger partial charge in [0.2, 0.25) is 0 Å². The van der Waals surface area contributed by atoms with Gasteiger partial charge in [0.15, 0.2) is 0 Å². The third kappa shape index (κ3) is 5.34. The van der Waals surface area contributed by atoms with Gasteiger partial charge in [-0.15, -0.1) is 0 Å².